The van der Waals surface area contributed by atoms with Gasteiger partial charge in [-0.3, -0.25) is 4.79 Å². The fourth-order valence-electron chi connectivity index (χ4n) is 0.627. The number of aliphatic hydroxyl groups excluding tert-OH is 1. The first-order valence-electron chi connectivity index (χ1n) is 3.59. The Morgan fingerprint density at radius 2 is 2.30 bits per heavy atom. The number of hydrogen-bond acceptors (Lipinski definition) is 2. The summed E-state index contributed by atoms with van der Waals surface area (Å²) in [5, 5.41) is 11.5. The molecule has 0 bridgehead atoms. The zero-order chi connectivity index (χ0) is 7.98. The number of amides is 1. The molecule has 0 heterocycles. The van der Waals surface area contributed by atoms with Gasteiger partial charge in [0.15, 0.2) is 0 Å². The smallest absolute Gasteiger partial charge is 0.219 e. The molecule has 1 amide bonds. The fourth-order valence-corrected chi connectivity index (χ4v) is 0.627. The van der Waals surface area contributed by atoms with Gasteiger partial charge in [0.2, 0.25) is 5.91 Å². The SMILES string of the molecule is CCC(O)CCC(=O)NC. The van der Waals surface area contributed by atoms with E-state index in [1.54, 1.807) is 7.05 Å². The van der Waals surface area contributed by atoms with Crippen molar-refractivity contribution in [1.29, 1.82) is 0 Å². The molecule has 10 heavy (non-hydrogen) atoms. The first kappa shape index (κ1) is 9.43. The minimum Gasteiger partial charge on any atom is -0.393 e. The Labute approximate surface area is 61.4 Å². The van der Waals surface area contributed by atoms with Gasteiger partial charge in [0.1, 0.15) is 0 Å². The monoisotopic (exact) mass is 145 g/mol. The standard InChI is InChI=1S/C7H15NO2/c1-3-6(9)4-5-7(10)8-2/h6,9H,3-5H2,1-2H3,(H,8,10). The molecular formula is C7H15NO2. The molecule has 1 unspecified atom stereocenters. The minimum absolute atomic E-state index is 0.00694. The topological polar surface area (TPSA) is 49.3 Å². The van der Waals surface area contributed by atoms with E-state index in [4.69, 9.17) is 5.11 Å². The van der Waals surface area contributed by atoms with E-state index in [2.05, 4.69) is 5.32 Å². The Kier molecular flexibility index (Phi) is 4.94. The Bertz CT molecular complexity index is 104. The lowest BCUT2D eigenvalue weighted by atomic mass is 10.1. The highest BCUT2D eigenvalue weighted by atomic mass is 16.3. The molecule has 1 atom stereocenters. The molecular weight excluding hydrogens is 130 g/mol. The van der Waals surface area contributed by atoms with Gasteiger partial charge >= 0.3 is 0 Å². The lowest BCUT2D eigenvalue weighted by Crippen LogP contribution is -2.19. The minimum atomic E-state index is -0.322. The summed E-state index contributed by atoms with van der Waals surface area (Å²) in [4.78, 5) is 10.6. The van der Waals surface area contributed by atoms with Gasteiger partial charge in [-0.25, -0.2) is 0 Å². The molecule has 0 spiro atoms. The van der Waals surface area contributed by atoms with Gasteiger partial charge < -0.3 is 10.4 Å². The van der Waals surface area contributed by atoms with Gasteiger partial charge in [-0.1, -0.05) is 6.92 Å². The van der Waals surface area contributed by atoms with Crippen LogP contribution in [0.3, 0.4) is 0 Å². The number of nitrogens with one attached hydrogen (secondary N) is 1. The van der Waals surface area contributed by atoms with Crippen molar-refractivity contribution in [3.05, 3.63) is 0 Å². The van der Waals surface area contributed by atoms with Crippen LogP contribution in [-0.2, 0) is 4.79 Å². The average molecular weight is 145 g/mol. The van der Waals surface area contributed by atoms with Crippen molar-refractivity contribution in [1.82, 2.24) is 5.32 Å². The van der Waals surface area contributed by atoms with Crippen molar-refractivity contribution in [2.75, 3.05) is 7.05 Å². The molecule has 0 aromatic carbocycles. The van der Waals surface area contributed by atoms with Crippen molar-refractivity contribution < 1.29 is 9.90 Å². The van der Waals surface area contributed by atoms with Crippen LogP contribution in [-0.4, -0.2) is 24.2 Å². The fraction of sp³-hybridized carbons (Fsp3) is 0.857. The zero-order valence-corrected chi connectivity index (χ0v) is 6.55. The van der Waals surface area contributed by atoms with Crippen LogP contribution in [0.1, 0.15) is 26.2 Å². The molecule has 0 aliphatic heterocycles. The Morgan fingerprint density at radius 3 is 2.70 bits per heavy atom. The van der Waals surface area contributed by atoms with Crippen molar-refractivity contribution in [2.24, 2.45) is 0 Å². The Morgan fingerprint density at radius 1 is 1.70 bits per heavy atom. The van der Waals surface area contributed by atoms with Gasteiger partial charge in [0, 0.05) is 13.5 Å². The van der Waals surface area contributed by atoms with E-state index in [0.29, 0.717) is 12.8 Å². The molecule has 3 nitrogen and oxygen atoms in total. The lowest BCUT2D eigenvalue weighted by Gasteiger charge is -2.05. The first-order chi connectivity index (χ1) is 4.70. The summed E-state index contributed by atoms with van der Waals surface area (Å²) >= 11 is 0. The highest BCUT2D eigenvalue weighted by molar-refractivity contribution is 5.75. The van der Waals surface area contributed by atoms with E-state index in [-0.39, 0.29) is 12.0 Å². The summed E-state index contributed by atoms with van der Waals surface area (Å²) in [6.45, 7) is 1.90. The molecule has 0 radical (unpaired) electrons. The average Bonchev–Trinajstić information content (AvgIpc) is 1.99. The summed E-state index contributed by atoms with van der Waals surface area (Å²) < 4.78 is 0. The third-order valence-corrected chi connectivity index (χ3v) is 1.45. The van der Waals surface area contributed by atoms with E-state index in [1.165, 1.54) is 0 Å². The summed E-state index contributed by atoms with van der Waals surface area (Å²) in [6, 6.07) is 0. The van der Waals surface area contributed by atoms with E-state index in [0.717, 1.165) is 6.42 Å². The molecule has 60 valence electrons. The molecule has 0 aromatic heterocycles. The highest BCUT2D eigenvalue weighted by Gasteiger charge is 2.03. The summed E-state index contributed by atoms with van der Waals surface area (Å²) in [6.07, 6.45) is 1.39. The van der Waals surface area contributed by atoms with E-state index in [9.17, 15) is 4.79 Å². The van der Waals surface area contributed by atoms with Crippen molar-refractivity contribution in [3.63, 3.8) is 0 Å². The molecule has 2 N–H and O–H groups in total. The van der Waals surface area contributed by atoms with Crippen LogP contribution in [0.2, 0.25) is 0 Å². The van der Waals surface area contributed by atoms with E-state index < -0.39 is 0 Å². The molecule has 0 rings (SSSR count). The van der Waals surface area contributed by atoms with Crippen molar-refractivity contribution in [2.45, 2.75) is 32.3 Å². The molecule has 0 fully saturated rings. The third kappa shape index (κ3) is 4.32. The number of hydrogen-bond donors (Lipinski definition) is 2. The molecule has 0 saturated heterocycles. The van der Waals surface area contributed by atoms with Crippen molar-refractivity contribution >= 4 is 5.91 Å². The van der Waals surface area contributed by atoms with Crippen LogP contribution < -0.4 is 5.32 Å². The largest absolute Gasteiger partial charge is 0.393 e. The number of aliphatic hydroxyl groups is 1. The normalized spacial score (nSPS) is 12.7. The number of rotatable bonds is 4. The maximum Gasteiger partial charge on any atom is 0.219 e. The summed E-state index contributed by atoms with van der Waals surface area (Å²) in [5.74, 6) is -0.00694. The maximum atomic E-state index is 10.6. The summed E-state index contributed by atoms with van der Waals surface area (Å²) in [5.41, 5.74) is 0. The van der Waals surface area contributed by atoms with Gasteiger partial charge in [-0.15, -0.1) is 0 Å². The van der Waals surface area contributed by atoms with Crippen LogP contribution in [0, 0.1) is 0 Å². The van der Waals surface area contributed by atoms with Crippen molar-refractivity contribution in [3.8, 4) is 0 Å². The Hall–Kier alpha value is -0.570. The van der Waals surface area contributed by atoms with Gasteiger partial charge in [0.25, 0.3) is 0 Å². The highest BCUT2D eigenvalue weighted by Crippen LogP contribution is 1.99. The van der Waals surface area contributed by atoms with Gasteiger partial charge in [-0.2, -0.15) is 0 Å². The molecule has 0 aliphatic rings. The second kappa shape index (κ2) is 5.23. The second-order valence-electron chi connectivity index (χ2n) is 2.27. The van der Waals surface area contributed by atoms with E-state index >= 15 is 0 Å². The van der Waals surface area contributed by atoms with Crippen LogP contribution in [0.4, 0.5) is 0 Å². The zero-order valence-electron chi connectivity index (χ0n) is 6.55. The predicted octanol–water partition coefficient (Wildman–Crippen LogP) is 0.283. The van der Waals surface area contributed by atoms with Gasteiger partial charge in [0.05, 0.1) is 6.10 Å². The lowest BCUT2D eigenvalue weighted by molar-refractivity contribution is -0.121. The first-order valence-corrected chi connectivity index (χ1v) is 3.59. The molecule has 0 aromatic rings. The predicted molar refractivity (Wildman–Crippen MR) is 39.6 cm³/mol. The quantitative estimate of drug-likeness (QED) is 0.597. The third-order valence-electron chi connectivity index (χ3n) is 1.45. The molecule has 0 aliphatic carbocycles. The molecule has 3 heteroatoms. The number of carbonyl (C=O) groups excluding carboxylic acids is 1. The summed E-state index contributed by atoms with van der Waals surface area (Å²) in [7, 11) is 1.60. The number of carbonyl (C=O) groups is 1. The van der Waals surface area contributed by atoms with E-state index in [1.807, 2.05) is 6.92 Å². The second-order valence-corrected chi connectivity index (χ2v) is 2.27. The van der Waals surface area contributed by atoms with Gasteiger partial charge in [-0.05, 0) is 12.8 Å². The molecule has 0 saturated carbocycles. The van der Waals surface area contributed by atoms with Crippen LogP contribution >= 0.6 is 0 Å². The van der Waals surface area contributed by atoms with Crippen LogP contribution in [0.25, 0.3) is 0 Å². The maximum absolute atomic E-state index is 10.6. The van der Waals surface area contributed by atoms with Crippen LogP contribution in [0.15, 0.2) is 0 Å². The van der Waals surface area contributed by atoms with Crippen LogP contribution in [0.5, 0.6) is 0 Å². The Balaban J connectivity index is 3.26.